The molecule has 0 spiro atoms. The van der Waals surface area contributed by atoms with Crippen molar-refractivity contribution in [1.29, 1.82) is 5.26 Å². The molecule has 0 aliphatic rings. The van der Waals surface area contributed by atoms with E-state index in [2.05, 4.69) is 6.58 Å². The monoisotopic (exact) mass is 202 g/mol. The molecule has 76 valence electrons. The van der Waals surface area contributed by atoms with Gasteiger partial charge in [0.05, 0.1) is 17.2 Å². The standard InChI is InChI=1S/C9H9F3N2/c1-3-7(5-13)8(4-6(2)14)9(10,11)12/h3-4H,2,14H2,1H3/b7-3-,8-4+. The molecule has 0 rings (SSSR count). The van der Waals surface area contributed by atoms with Gasteiger partial charge in [0.25, 0.3) is 0 Å². The molecule has 0 unspecified atom stereocenters. The van der Waals surface area contributed by atoms with Crippen molar-refractivity contribution in [3.8, 4) is 6.07 Å². The summed E-state index contributed by atoms with van der Waals surface area (Å²) in [5.41, 5.74) is 3.24. The fraction of sp³-hybridized carbons (Fsp3) is 0.222. The SMILES string of the molecule is C=C(N)/C=C(\C(C#N)=C/C)C(F)(F)F. The number of hydrogen-bond donors (Lipinski definition) is 1. The molecule has 2 N–H and O–H groups in total. The maximum absolute atomic E-state index is 12.3. The zero-order chi connectivity index (χ0) is 11.4. The van der Waals surface area contributed by atoms with E-state index < -0.39 is 17.3 Å². The van der Waals surface area contributed by atoms with Crippen molar-refractivity contribution in [3.63, 3.8) is 0 Å². The highest BCUT2D eigenvalue weighted by molar-refractivity contribution is 5.46. The second-order valence-corrected chi connectivity index (χ2v) is 2.44. The summed E-state index contributed by atoms with van der Waals surface area (Å²) in [6.07, 6.45) is -2.89. The van der Waals surface area contributed by atoms with Gasteiger partial charge in [-0.15, -0.1) is 0 Å². The Morgan fingerprint density at radius 3 is 2.21 bits per heavy atom. The van der Waals surface area contributed by atoms with Gasteiger partial charge in [-0.2, -0.15) is 18.4 Å². The van der Waals surface area contributed by atoms with Crippen LogP contribution in [0.4, 0.5) is 13.2 Å². The van der Waals surface area contributed by atoms with Gasteiger partial charge in [-0.25, -0.2) is 0 Å². The third-order valence-electron chi connectivity index (χ3n) is 1.33. The average Bonchev–Trinajstić information content (AvgIpc) is 2.02. The number of nitriles is 1. The lowest BCUT2D eigenvalue weighted by Gasteiger charge is -2.10. The third-order valence-corrected chi connectivity index (χ3v) is 1.33. The van der Waals surface area contributed by atoms with E-state index in [0.29, 0.717) is 6.08 Å². The maximum atomic E-state index is 12.3. The van der Waals surface area contributed by atoms with E-state index in [-0.39, 0.29) is 5.70 Å². The molecule has 0 aromatic heterocycles. The normalized spacial score (nSPS) is 13.6. The lowest BCUT2D eigenvalue weighted by Crippen LogP contribution is -2.14. The fourth-order valence-electron chi connectivity index (χ4n) is 0.778. The fourth-order valence-corrected chi connectivity index (χ4v) is 0.778. The quantitative estimate of drug-likeness (QED) is 0.552. The van der Waals surface area contributed by atoms with E-state index >= 15 is 0 Å². The first-order chi connectivity index (χ1) is 6.32. The van der Waals surface area contributed by atoms with Crippen LogP contribution in [0.25, 0.3) is 0 Å². The Bertz CT molecular complexity index is 329. The summed E-state index contributed by atoms with van der Waals surface area (Å²) in [5, 5.41) is 8.44. The summed E-state index contributed by atoms with van der Waals surface area (Å²) in [4.78, 5) is 0. The molecule has 0 fully saturated rings. The number of rotatable bonds is 2. The number of allylic oxidation sites excluding steroid dienone is 4. The van der Waals surface area contributed by atoms with Crippen LogP contribution in [0.2, 0.25) is 0 Å². The van der Waals surface area contributed by atoms with Gasteiger partial charge in [0.15, 0.2) is 0 Å². The van der Waals surface area contributed by atoms with Crippen LogP contribution in [0.15, 0.2) is 35.6 Å². The molecule has 0 amide bonds. The van der Waals surface area contributed by atoms with Crippen LogP contribution in [-0.2, 0) is 0 Å². The Hall–Kier alpha value is -1.70. The Morgan fingerprint density at radius 2 is 2.00 bits per heavy atom. The van der Waals surface area contributed by atoms with Crippen LogP contribution in [0, 0.1) is 11.3 Å². The van der Waals surface area contributed by atoms with E-state index in [9.17, 15) is 13.2 Å². The van der Waals surface area contributed by atoms with Crippen LogP contribution < -0.4 is 5.73 Å². The Kier molecular flexibility index (Phi) is 3.96. The Morgan fingerprint density at radius 1 is 1.50 bits per heavy atom. The molecular weight excluding hydrogens is 193 g/mol. The second kappa shape index (κ2) is 4.51. The molecule has 0 aromatic carbocycles. The highest BCUT2D eigenvalue weighted by Crippen LogP contribution is 2.31. The smallest absolute Gasteiger partial charge is 0.399 e. The molecule has 0 atom stereocenters. The first-order valence-corrected chi connectivity index (χ1v) is 3.63. The summed E-state index contributed by atoms with van der Waals surface area (Å²) >= 11 is 0. The molecule has 0 heterocycles. The number of nitrogens with two attached hydrogens (primary N) is 1. The van der Waals surface area contributed by atoms with Gasteiger partial charge in [-0.3, -0.25) is 0 Å². The van der Waals surface area contributed by atoms with E-state index in [4.69, 9.17) is 11.0 Å². The number of hydrogen-bond acceptors (Lipinski definition) is 2. The van der Waals surface area contributed by atoms with Crippen molar-refractivity contribution in [1.82, 2.24) is 0 Å². The molecular formula is C9H9F3N2. The molecule has 2 nitrogen and oxygen atoms in total. The first-order valence-electron chi connectivity index (χ1n) is 3.63. The van der Waals surface area contributed by atoms with E-state index in [0.717, 1.165) is 6.08 Å². The summed E-state index contributed by atoms with van der Waals surface area (Å²) in [7, 11) is 0. The van der Waals surface area contributed by atoms with Crippen LogP contribution in [0.3, 0.4) is 0 Å². The van der Waals surface area contributed by atoms with Gasteiger partial charge in [0.2, 0.25) is 0 Å². The topological polar surface area (TPSA) is 49.8 Å². The lowest BCUT2D eigenvalue weighted by atomic mass is 10.1. The van der Waals surface area contributed by atoms with Gasteiger partial charge in [-0.05, 0) is 13.0 Å². The van der Waals surface area contributed by atoms with E-state index in [1.807, 2.05) is 0 Å². The van der Waals surface area contributed by atoms with Crippen LogP contribution >= 0.6 is 0 Å². The van der Waals surface area contributed by atoms with Crippen molar-refractivity contribution < 1.29 is 13.2 Å². The molecule has 0 aromatic rings. The maximum Gasteiger partial charge on any atom is 0.417 e. The third kappa shape index (κ3) is 3.35. The number of nitrogens with zero attached hydrogens (tertiary/aromatic N) is 1. The van der Waals surface area contributed by atoms with Gasteiger partial charge < -0.3 is 5.73 Å². The summed E-state index contributed by atoms with van der Waals surface area (Å²) in [5.74, 6) is 0. The van der Waals surface area contributed by atoms with E-state index in [1.54, 1.807) is 0 Å². The second-order valence-electron chi connectivity index (χ2n) is 2.44. The van der Waals surface area contributed by atoms with Crippen molar-refractivity contribution in [2.45, 2.75) is 13.1 Å². The molecule has 14 heavy (non-hydrogen) atoms. The minimum absolute atomic E-state index is 0.244. The molecule has 0 saturated carbocycles. The molecule has 5 heteroatoms. The number of halogens is 3. The Labute approximate surface area is 79.8 Å². The van der Waals surface area contributed by atoms with Crippen molar-refractivity contribution in [2.24, 2.45) is 5.73 Å². The lowest BCUT2D eigenvalue weighted by molar-refractivity contribution is -0.0889. The Balaban J connectivity index is 5.37. The van der Waals surface area contributed by atoms with E-state index in [1.165, 1.54) is 13.0 Å². The van der Waals surface area contributed by atoms with Gasteiger partial charge in [0.1, 0.15) is 0 Å². The summed E-state index contributed by atoms with van der Waals surface area (Å²) in [6.45, 7) is 4.47. The molecule has 0 bridgehead atoms. The van der Waals surface area contributed by atoms with Gasteiger partial charge in [-0.1, -0.05) is 12.7 Å². The van der Waals surface area contributed by atoms with Gasteiger partial charge >= 0.3 is 6.18 Å². The minimum atomic E-state index is -4.60. The van der Waals surface area contributed by atoms with Crippen molar-refractivity contribution >= 4 is 0 Å². The van der Waals surface area contributed by atoms with Gasteiger partial charge in [0, 0.05) is 5.70 Å². The van der Waals surface area contributed by atoms with Crippen molar-refractivity contribution in [2.75, 3.05) is 0 Å². The molecule has 0 aliphatic heterocycles. The highest BCUT2D eigenvalue weighted by atomic mass is 19.4. The summed E-state index contributed by atoms with van der Waals surface area (Å²) in [6, 6.07) is 1.44. The molecule has 0 saturated heterocycles. The zero-order valence-corrected chi connectivity index (χ0v) is 7.52. The van der Waals surface area contributed by atoms with Crippen LogP contribution in [0.1, 0.15) is 6.92 Å². The molecule has 0 aliphatic carbocycles. The highest BCUT2D eigenvalue weighted by Gasteiger charge is 2.35. The predicted octanol–water partition coefficient (Wildman–Crippen LogP) is 2.42. The van der Waals surface area contributed by atoms with Crippen LogP contribution in [-0.4, -0.2) is 6.18 Å². The molecule has 0 radical (unpaired) electrons. The first kappa shape index (κ1) is 12.3. The van der Waals surface area contributed by atoms with Crippen molar-refractivity contribution in [3.05, 3.63) is 35.6 Å². The zero-order valence-electron chi connectivity index (χ0n) is 7.52. The number of alkyl halides is 3. The summed E-state index contributed by atoms with van der Waals surface area (Å²) < 4.78 is 37.0. The minimum Gasteiger partial charge on any atom is -0.399 e. The predicted molar refractivity (Wildman–Crippen MR) is 46.8 cm³/mol. The largest absolute Gasteiger partial charge is 0.417 e. The average molecular weight is 202 g/mol. The van der Waals surface area contributed by atoms with Crippen LogP contribution in [0.5, 0.6) is 0 Å².